The maximum Gasteiger partial charge on any atom is 0.252 e. The van der Waals surface area contributed by atoms with E-state index in [-0.39, 0.29) is 18.4 Å². The van der Waals surface area contributed by atoms with E-state index in [0.717, 1.165) is 5.56 Å². The molecule has 0 aliphatic carbocycles. The molecule has 128 valence electrons. The number of amides is 1. The van der Waals surface area contributed by atoms with Crippen molar-refractivity contribution in [2.24, 2.45) is 5.92 Å². The second-order valence-electron chi connectivity index (χ2n) is 5.71. The maximum absolute atomic E-state index is 12.6. The van der Waals surface area contributed by atoms with Gasteiger partial charge in [-0.1, -0.05) is 6.07 Å². The van der Waals surface area contributed by atoms with Crippen LogP contribution >= 0.6 is 11.3 Å². The Morgan fingerprint density at radius 1 is 1.33 bits per heavy atom. The van der Waals surface area contributed by atoms with E-state index >= 15 is 0 Å². The number of carbonyl (C=O) groups excluding carboxylic acids is 1. The Morgan fingerprint density at radius 3 is 2.83 bits per heavy atom. The van der Waals surface area contributed by atoms with Crippen molar-refractivity contribution in [3.05, 3.63) is 47.6 Å². The summed E-state index contributed by atoms with van der Waals surface area (Å²) in [6.07, 6.45) is 4.76. The molecule has 1 saturated heterocycles. The first-order valence-electron chi connectivity index (χ1n) is 7.77. The first kappa shape index (κ1) is 17.1. The fourth-order valence-electron chi connectivity index (χ4n) is 2.75. The van der Waals surface area contributed by atoms with Gasteiger partial charge in [-0.25, -0.2) is 8.42 Å². The van der Waals surface area contributed by atoms with Gasteiger partial charge in [0, 0.05) is 32.0 Å². The van der Waals surface area contributed by atoms with Crippen LogP contribution in [0.2, 0.25) is 0 Å². The van der Waals surface area contributed by atoms with Crippen LogP contribution in [-0.4, -0.2) is 36.7 Å². The smallest absolute Gasteiger partial charge is 0.252 e. The molecule has 0 saturated carbocycles. The third-order valence-electron chi connectivity index (χ3n) is 4.06. The van der Waals surface area contributed by atoms with Crippen LogP contribution in [0.3, 0.4) is 0 Å². The van der Waals surface area contributed by atoms with Gasteiger partial charge >= 0.3 is 0 Å². The molecule has 6 nitrogen and oxygen atoms in total. The van der Waals surface area contributed by atoms with Crippen LogP contribution in [0.5, 0.6) is 0 Å². The number of piperidine rings is 1. The summed E-state index contributed by atoms with van der Waals surface area (Å²) in [6.45, 7) is 1.13. The highest BCUT2D eigenvalue weighted by atomic mass is 32.2. The Bertz CT molecular complexity index is 776. The van der Waals surface area contributed by atoms with Gasteiger partial charge in [0.2, 0.25) is 5.91 Å². The van der Waals surface area contributed by atoms with Crippen LogP contribution in [0.15, 0.2) is 46.2 Å². The average Bonchev–Trinajstić information content (AvgIpc) is 3.16. The number of carbonyl (C=O) groups is 1. The first-order chi connectivity index (χ1) is 11.6. The number of sulfonamides is 1. The number of hydrogen-bond acceptors (Lipinski definition) is 5. The summed E-state index contributed by atoms with van der Waals surface area (Å²) < 4.78 is 27.0. The lowest BCUT2D eigenvalue weighted by atomic mass is 9.99. The number of nitrogens with one attached hydrogen (secondary N) is 1. The van der Waals surface area contributed by atoms with Crippen molar-refractivity contribution in [1.29, 1.82) is 0 Å². The predicted octanol–water partition coefficient (Wildman–Crippen LogP) is 1.86. The van der Waals surface area contributed by atoms with Gasteiger partial charge in [-0.05, 0) is 42.0 Å². The summed E-state index contributed by atoms with van der Waals surface area (Å²) in [4.78, 5) is 16.3. The number of thiophene rings is 1. The standard InChI is InChI=1S/C16H19N3O3S2/c20-16(18-11-13-5-7-17-8-6-13)14-3-1-9-19(12-14)24(21,22)15-4-2-10-23-15/h2,4-8,10,14H,1,3,9,11-12H2,(H,18,20). The van der Waals surface area contributed by atoms with Crippen molar-refractivity contribution in [3.8, 4) is 0 Å². The van der Waals surface area contributed by atoms with Crippen LogP contribution in [0, 0.1) is 5.92 Å². The lowest BCUT2D eigenvalue weighted by Gasteiger charge is -2.30. The molecule has 1 amide bonds. The van der Waals surface area contributed by atoms with Crippen LogP contribution in [0.4, 0.5) is 0 Å². The van der Waals surface area contributed by atoms with E-state index < -0.39 is 10.0 Å². The van der Waals surface area contributed by atoms with Gasteiger partial charge in [0.05, 0.1) is 5.92 Å². The highest BCUT2D eigenvalue weighted by molar-refractivity contribution is 7.91. The van der Waals surface area contributed by atoms with Crippen LogP contribution < -0.4 is 5.32 Å². The molecule has 1 aliphatic rings. The predicted molar refractivity (Wildman–Crippen MR) is 91.9 cm³/mol. The normalized spacial score (nSPS) is 19.1. The van der Waals surface area contributed by atoms with Crippen LogP contribution in [0.1, 0.15) is 18.4 Å². The van der Waals surface area contributed by atoms with Crippen molar-refractivity contribution in [3.63, 3.8) is 0 Å². The SMILES string of the molecule is O=C(NCc1ccncc1)C1CCCN(S(=O)(=O)c2cccs2)C1. The van der Waals surface area contributed by atoms with E-state index in [1.54, 1.807) is 29.9 Å². The van der Waals surface area contributed by atoms with Gasteiger partial charge in [0.15, 0.2) is 0 Å². The maximum atomic E-state index is 12.6. The molecule has 3 heterocycles. The molecule has 0 spiro atoms. The van der Waals surface area contributed by atoms with Gasteiger partial charge in [-0.3, -0.25) is 9.78 Å². The average molecular weight is 365 g/mol. The highest BCUT2D eigenvalue weighted by Gasteiger charge is 2.33. The molecule has 8 heteroatoms. The summed E-state index contributed by atoms with van der Waals surface area (Å²) in [6, 6.07) is 7.01. The van der Waals surface area contributed by atoms with Gasteiger partial charge in [0.1, 0.15) is 4.21 Å². The minimum absolute atomic E-state index is 0.0992. The van der Waals surface area contributed by atoms with Gasteiger partial charge in [-0.15, -0.1) is 11.3 Å². The summed E-state index contributed by atoms with van der Waals surface area (Å²) in [5.41, 5.74) is 0.970. The van der Waals surface area contributed by atoms with Gasteiger partial charge in [-0.2, -0.15) is 4.31 Å². The number of rotatable bonds is 5. The van der Waals surface area contributed by atoms with Crippen molar-refractivity contribution < 1.29 is 13.2 Å². The van der Waals surface area contributed by atoms with E-state index in [9.17, 15) is 13.2 Å². The Kier molecular flexibility index (Phi) is 5.27. The lowest BCUT2D eigenvalue weighted by Crippen LogP contribution is -2.45. The molecule has 1 fully saturated rings. The molecule has 1 atom stereocenters. The minimum atomic E-state index is -3.49. The quantitative estimate of drug-likeness (QED) is 0.877. The summed E-state index contributed by atoms with van der Waals surface area (Å²) in [7, 11) is -3.49. The zero-order chi connectivity index (χ0) is 17.0. The van der Waals surface area contributed by atoms with Crippen molar-refractivity contribution in [1.82, 2.24) is 14.6 Å². The Balaban J connectivity index is 1.62. The van der Waals surface area contributed by atoms with Crippen molar-refractivity contribution >= 4 is 27.3 Å². The van der Waals surface area contributed by atoms with E-state index in [1.807, 2.05) is 12.1 Å². The third kappa shape index (κ3) is 3.82. The van der Waals surface area contributed by atoms with E-state index in [1.165, 1.54) is 15.6 Å². The Labute approximate surface area is 145 Å². The molecule has 2 aromatic heterocycles. The van der Waals surface area contributed by atoms with Crippen molar-refractivity contribution in [2.75, 3.05) is 13.1 Å². The molecular weight excluding hydrogens is 346 g/mol. The fraction of sp³-hybridized carbons (Fsp3) is 0.375. The molecule has 0 aromatic carbocycles. The number of aromatic nitrogens is 1. The summed E-state index contributed by atoms with van der Waals surface area (Å²) in [5, 5.41) is 4.64. The monoisotopic (exact) mass is 365 g/mol. The Morgan fingerprint density at radius 2 is 2.12 bits per heavy atom. The molecule has 1 aliphatic heterocycles. The molecule has 24 heavy (non-hydrogen) atoms. The van der Waals surface area contributed by atoms with Crippen LogP contribution in [-0.2, 0) is 21.4 Å². The highest BCUT2D eigenvalue weighted by Crippen LogP contribution is 2.26. The molecule has 1 N–H and O–H groups in total. The Hall–Kier alpha value is -1.77. The van der Waals surface area contributed by atoms with E-state index in [0.29, 0.717) is 30.1 Å². The molecule has 3 rings (SSSR count). The summed E-state index contributed by atoms with van der Waals surface area (Å²) >= 11 is 1.20. The molecule has 0 radical (unpaired) electrons. The number of hydrogen-bond donors (Lipinski definition) is 1. The molecule has 2 aromatic rings. The zero-order valence-corrected chi connectivity index (χ0v) is 14.7. The van der Waals surface area contributed by atoms with Gasteiger partial charge in [0.25, 0.3) is 10.0 Å². The number of nitrogens with zero attached hydrogens (tertiary/aromatic N) is 2. The first-order valence-corrected chi connectivity index (χ1v) is 10.1. The number of pyridine rings is 1. The third-order valence-corrected chi connectivity index (χ3v) is 7.30. The van der Waals surface area contributed by atoms with E-state index in [2.05, 4.69) is 10.3 Å². The minimum Gasteiger partial charge on any atom is -0.352 e. The largest absolute Gasteiger partial charge is 0.352 e. The molecule has 0 bridgehead atoms. The molecular formula is C16H19N3O3S2. The second kappa shape index (κ2) is 7.42. The molecule has 1 unspecified atom stereocenters. The lowest BCUT2D eigenvalue weighted by molar-refractivity contribution is -0.126. The van der Waals surface area contributed by atoms with Crippen LogP contribution in [0.25, 0.3) is 0 Å². The van der Waals surface area contributed by atoms with E-state index in [4.69, 9.17) is 0 Å². The fourth-order valence-corrected chi connectivity index (χ4v) is 5.41. The summed E-state index contributed by atoms with van der Waals surface area (Å²) in [5.74, 6) is -0.409. The second-order valence-corrected chi connectivity index (χ2v) is 8.82. The topological polar surface area (TPSA) is 79.4 Å². The van der Waals surface area contributed by atoms with Gasteiger partial charge < -0.3 is 5.32 Å². The van der Waals surface area contributed by atoms with Crippen molar-refractivity contribution in [2.45, 2.75) is 23.6 Å². The zero-order valence-electron chi connectivity index (χ0n) is 13.1.